The summed E-state index contributed by atoms with van der Waals surface area (Å²) in [5, 5.41) is 12.7. The first-order valence-electron chi connectivity index (χ1n) is 7.51. The van der Waals surface area contributed by atoms with Gasteiger partial charge in [0.15, 0.2) is 0 Å². The minimum atomic E-state index is -1.72. The highest BCUT2D eigenvalue weighted by molar-refractivity contribution is 6.67. The fourth-order valence-corrected chi connectivity index (χ4v) is 1.80. The summed E-state index contributed by atoms with van der Waals surface area (Å²) >= 11 is 16.4. The van der Waals surface area contributed by atoms with Crippen molar-refractivity contribution in [1.29, 1.82) is 5.41 Å². The lowest BCUT2D eigenvalue weighted by molar-refractivity contribution is 0.0523. The minimum absolute atomic E-state index is 0.175. The third-order valence-electron chi connectivity index (χ3n) is 2.67. The van der Waals surface area contributed by atoms with Crippen LogP contribution in [0.15, 0.2) is 24.3 Å². The van der Waals surface area contributed by atoms with E-state index in [0.29, 0.717) is 5.56 Å². The Morgan fingerprint density at radius 2 is 1.65 bits per heavy atom. The van der Waals surface area contributed by atoms with E-state index in [9.17, 15) is 9.59 Å². The molecule has 0 bridgehead atoms. The van der Waals surface area contributed by atoms with Crippen LogP contribution in [-0.2, 0) is 16.0 Å². The standard InChI is InChI=1S/C16H20Cl3N3O4/c1-15(2,3)26-13(23)21-8-10-4-6-11(7-5-10)12(20)22-14(24)25-9-16(17,18)19/h4-7H,8-9H2,1-3H3,(H,21,23)(H2,20,22,24). The van der Waals surface area contributed by atoms with Crippen LogP contribution in [0.1, 0.15) is 31.9 Å². The molecule has 10 heteroatoms. The highest BCUT2D eigenvalue weighted by Crippen LogP contribution is 2.25. The lowest BCUT2D eigenvalue weighted by Crippen LogP contribution is -2.33. The third kappa shape index (κ3) is 9.70. The molecule has 0 aliphatic heterocycles. The highest BCUT2D eigenvalue weighted by atomic mass is 35.6. The molecule has 1 aromatic carbocycles. The van der Waals surface area contributed by atoms with Crippen LogP contribution < -0.4 is 10.6 Å². The van der Waals surface area contributed by atoms with Crippen LogP contribution >= 0.6 is 34.8 Å². The zero-order chi connectivity index (χ0) is 20.0. The van der Waals surface area contributed by atoms with Crippen molar-refractivity contribution in [3.05, 3.63) is 35.4 Å². The van der Waals surface area contributed by atoms with Crippen molar-refractivity contribution < 1.29 is 19.1 Å². The number of hydrogen-bond acceptors (Lipinski definition) is 5. The van der Waals surface area contributed by atoms with Gasteiger partial charge in [-0.05, 0) is 26.3 Å². The van der Waals surface area contributed by atoms with E-state index in [1.807, 2.05) is 0 Å². The molecule has 0 spiro atoms. The number of carbonyl (C=O) groups is 2. The van der Waals surface area contributed by atoms with Gasteiger partial charge in [0, 0.05) is 12.1 Å². The Kier molecular flexibility index (Phi) is 7.99. The van der Waals surface area contributed by atoms with Crippen molar-refractivity contribution in [3.63, 3.8) is 0 Å². The van der Waals surface area contributed by atoms with Crippen molar-refractivity contribution in [2.45, 2.75) is 36.7 Å². The van der Waals surface area contributed by atoms with Gasteiger partial charge >= 0.3 is 12.2 Å². The number of amides is 2. The number of alkyl carbamates (subject to hydrolysis) is 2. The SMILES string of the molecule is CC(C)(C)OC(=O)NCc1ccc(C(=N)NC(=O)OCC(Cl)(Cl)Cl)cc1. The molecule has 3 N–H and O–H groups in total. The molecule has 0 unspecified atom stereocenters. The van der Waals surface area contributed by atoms with Gasteiger partial charge in [-0.2, -0.15) is 0 Å². The fraction of sp³-hybridized carbons (Fsp3) is 0.438. The maximum Gasteiger partial charge on any atom is 0.412 e. The molecule has 0 saturated heterocycles. The van der Waals surface area contributed by atoms with Crippen LogP contribution in [-0.4, -0.2) is 34.0 Å². The first kappa shape index (κ1) is 22.3. The Bertz CT molecular complexity index is 652. The lowest BCUT2D eigenvalue weighted by Gasteiger charge is -2.19. The van der Waals surface area contributed by atoms with Crippen LogP contribution in [0, 0.1) is 5.41 Å². The van der Waals surface area contributed by atoms with Crippen LogP contribution in [0.4, 0.5) is 9.59 Å². The van der Waals surface area contributed by atoms with Crippen molar-refractivity contribution in [3.8, 4) is 0 Å². The topological polar surface area (TPSA) is 101 Å². The van der Waals surface area contributed by atoms with Crippen molar-refractivity contribution in [2.24, 2.45) is 0 Å². The third-order valence-corrected chi connectivity index (χ3v) is 3.00. The molecule has 0 radical (unpaired) electrons. The number of hydrogen-bond donors (Lipinski definition) is 3. The molecule has 0 aromatic heterocycles. The van der Waals surface area contributed by atoms with Crippen LogP contribution in [0.25, 0.3) is 0 Å². The Morgan fingerprint density at radius 3 is 2.15 bits per heavy atom. The van der Waals surface area contributed by atoms with E-state index in [0.717, 1.165) is 5.56 Å². The summed E-state index contributed by atoms with van der Waals surface area (Å²) in [4.78, 5) is 23.1. The molecule has 1 aromatic rings. The Hall–Kier alpha value is -1.70. The summed E-state index contributed by atoms with van der Waals surface area (Å²) < 4.78 is 8.10. The number of ether oxygens (including phenoxy) is 2. The molecule has 144 valence electrons. The summed E-state index contributed by atoms with van der Waals surface area (Å²) in [6.45, 7) is 5.16. The predicted octanol–water partition coefficient (Wildman–Crippen LogP) is 4.13. The average Bonchev–Trinajstić information content (AvgIpc) is 2.49. The molecular weight excluding hydrogens is 405 g/mol. The van der Waals surface area contributed by atoms with Gasteiger partial charge in [0.05, 0.1) is 0 Å². The van der Waals surface area contributed by atoms with E-state index in [1.54, 1.807) is 45.0 Å². The summed E-state index contributed by atoms with van der Waals surface area (Å²) in [6.07, 6.45) is -1.43. The van der Waals surface area contributed by atoms with E-state index < -0.39 is 28.2 Å². The second-order valence-corrected chi connectivity index (χ2v) is 8.76. The summed E-state index contributed by atoms with van der Waals surface area (Å²) in [6, 6.07) is 6.64. The number of rotatable bonds is 4. The first-order valence-corrected chi connectivity index (χ1v) is 8.64. The molecule has 2 amide bonds. The van der Waals surface area contributed by atoms with Crippen LogP contribution in [0.3, 0.4) is 0 Å². The molecule has 0 heterocycles. The van der Waals surface area contributed by atoms with Gasteiger partial charge in [0.1, 0.15) is 18.0 Å². The number of halogens is 3. The Labute approximate surface area is 166 Å². The van der Waals surface area contributed by atoms with E-state index in [-0.39, 0.29) is 12.4 Å². The molecular formula is C16H20Cl3N3O4. The average molecular weight is 425 g/mol. The molecule has 0 atom stereocenters. The molecule has 0 fully saturated rings. The zero-order valence-corrected chi connectivity index (χ0v) is 16.8. The Balaban J connectivity index is 2.49. The smallest absolute Gasteiger partial charge is 0.412 e. The van der Waals surface area contributed by atoms with E-state index in [2.05, 4.69) is 15.4 Å². The van der Waals surface area contributed by atoms with Crippen LogP contribution in [0.2, 0.25) is 0 Å². The van der Waals surface area contributed by atoms with E-state index in [1.165, 1.54) is 0 Å². The van der Waals surface area contributed by atoms with Crippen molar-refractivity contribution >= 4 is 52.8 Å². The van der Waals surface area contributed by atoms with Gasteiger partial charge in [-0.3, -0.25) is 10.7 Å². The number of amidine groups is 1. The molecule has 0 aliphatic rings. The van der Waals surface area contributed by atoms with Gasteiger partial charge in [-0.25, -0.2) is 9.59 Å². The Morgan fingerprint density at radius 1 is 1.08 bits per heavy atom. The lowest BCUT2D eigenvalue weighted by atomic mass is 10.1. The minimum Gasteiger partial charge on any atom is -0.445 e. The second kappa shape index (κ2) is 9.30. The normalized spacial score (nSPS) is 11.5. The molecule has 7 nitrogen and oxygen atoms in total. The first-order chi connectivity index (χ1) is 11.9. The maximum absolute atomic E-state index is 11.6. The predicted molar refractivity (Wildman–Crippen MR) is 101 cm³/mol. The van der Waals surface area contributed by atoms with E-state index >= 15 is 0 Å². The highest BCUT2D eigenvalue weighted by Gasteiger charge is 2.22. The molecule has 1 rings (SSSR count). The summed E-state index contributed by atoms with van der Waals surface area (Å²) in [7, 11) is 0. The summed E-state index contributed by atoms with van der Waals surface area (Å²) in [5.74, 6) is -0.175. The second-order valence-electron chi connectivity index (χ2n) is 6.24. The fourth-order valence-electron chi connectivity index (χ4n) is 1.64. The van der Waals surface area contributed by atoms with E-state index in [4.69, 9.17) is 44.9 Å². The number of nitrogens with one attached hydrogen (secondary N) is 3. The monoisotopic (exact) mass is 423 g/mol. The number of carbonyl (C=O) groups excluding carboxylic acids is 2. The summed E-state index contributed by atoms with van der Waals surface area (Å²) in [5.41, 5.74) is 0.669. The van der Waals surface area contributed by atoms with Crippen molar-refractivity contribution in [1.82, 2.24) is 10.6 Å². The van der Waals surface area contributed by atoms with Gasteiger partial charge in [0.2, 0.25) is 3.79 Å². The van der Waals surface area contributed by atoms with Crippen LogP contribution in [0.5, 0.6) is 0 Å². The van der Waals surface area contributed by atoms with Gasteiger partial charge in [0.25, 0.3) is 0 Å². The zero-order valence-electron chi connectivity index (χ0n) is 14.5. The maximum atomic E-state index is 11.6. The van der Waals surface area contributed by atoms with Crippen molar-refractivity contribution in [2.75, 3.05) is 6.61 Å². The number of benzene rings is 1. The van der Waals surface area contributed by atoms with Gasteiger partial charge in [-0.1, -0.05) is 59.1 Å². The molecule has 26 heavy (non-hydrogen) atoms. The number of alkyl halides is 3. The quantitative estimate of drug-likeness (QED) is 0.384. The van der Waals surface area contributed by atoms with Gasteiger partial charge in [-0.15, -0.1) is 0 Å². The largest absolute Gasteiger partial charge is 0.445 e. The molecule has 0 saturated carbocycles. The molecule has 0 aliphatic carbocycles. The van der Waals surface area contributed by atoms with Gasteiger partial charge < -0.3 is 14.8 Å².